The van der Waals surface area contributed by atoms with E-state index in [4.69, 9.17) is 5.10 Å². The number of para-hydroxylation sites is 1. The van der Waals surface area contributed by atoms with Crippen LogP contribution in [0.1, 0.15) is 24.5 Å². The molecule has 3 aliphatic heterocycles. The highest BCUT2D eigenvalue weighted by Gasteiger charge is 2.41. The van der Waals surface area contributed by atoms with Crippen molar-refractivity contribution in [3.05, 3.63) is 66.4 Å². The molecule has 1 aromatic heterocycles. The molecular weight excluding hydrogens is 424 g/mol. The van der Waals surface area contributed by atoms with Crippen LogP contribution in [0.15, 0.2) is 60.7 Å². The second kappa shape index (κ2) is 9.50. The van der Waals surface area contributed by atoms with Crippen LogP contribution in [0.4, 0.5) is 16.2 Å². The fourth-order valence-corrected chi connectivity index (χ4v) is 5.49. The first-order valence-corrected chi connectivity index (χ1v) is 12.1. The smallest absolute Gasteiger partial charge is 0.319 e. The van der Waals surface area contributed by atoms with Crippen molar-refractivity contribution in [3.63, 3.8) is 0 Å². The summed E-state index contributed by atoms with van der Waals surface area (Å²) >= 11 is 0. The first-order valence-electron chi connectivity index (χ1n) is 12.1. The number of hydrogen-bond donors (Lipinski definition) is 2. The SMILES string of the molecule is CN(C)c1ccc(-c2cc([C@@H]3CN4CC[C@H]3C[C@@H]4CNC(=O)Nc3ccccc3)n(C)n2)cc1. The van der Waals surface area contributed by atoms with Gasteiger partial charge in [-0.05, 0) is 55.6 Å². The van der Waals surface area contributed by atoms with Gasteiger partial charge in [-0.1, -0.05) is 30.3 Å². The Kier molecular flexibility index (Phi) is 6.28. The molecule has 0 aliphatic carbocycles. The molecule has 3 fully saturated rings. The number of nitrogens with one attached hydrogen (secondary N) is 2. The van der Waals surface area contributed by atoms with E-state index < -0.39 is 0 Å². The van der Waals surface area contributed by atoms with E-state index in [0.29, 0.717) is 24.4 Å². The monoisotopic (exact) mass is 458 g/mol. The summed E-state index contributed by atoms with van der Waals surface area (Å²) in [6.45, 7) is 2.80. The van der Waals surface area contributed by atoms with E-state index in [1.807, 2.05) is 30.3 Å². The van der Waals surface area contributed by atoms with E-state index in [2.05, 4.69) is 76.6 Å². The van der Waals surface area contributed by atoms with E-state index >= 15 is 0 Å². The lowest BCUT2D eigenvalue weighted by Gasteiger charge is -2.49. The summed E-state index contributed by atoms with van der Waals surface area (Å²) < 4.78 is 2.07. The number of piperidine rings is 3. The topological polar surface area (TPSA) is 65.4 Å². The maximum Gasteiger partial charge on any atom is 0.319 e. The average Bonchev–Trinajstić information content (AvgIpc) is 3.25. The normalized spacial score (nSPS) is 23.5. The van der Waals surface area contributed by atoms with Gasteiger partial charge < -0.3 is 15.5 Å². The first kappa shape index (κ1) is 22.5. The molecule has 3 aliphatic rings. The van der Waals surface area contributed by atoms with Crippen LogP contribution < -0.4 is 15.5 Å². The number of hydrogen-bond acceptors (Lipinski definition) is 4. The Morgan fingerprint density at radius 3 is 2.56 bits per heavy atom. The number of nitrogens with zero attached hydrogens (tertiary/aromatic N) is 4. The van der Waals surface area contributed by atoms with Crippen LogP contribution in [0.3, 0.4) is 0 Å². The molecule has 3 saturated heterocycles. The van der Waals surface area contributed by atoms with Crippen molar-refractivity contribution in [3.8, 4) is 11.3 Å². The summed E-state index contributed by atoms with van der Waals surface area (Å²) in [5.74, 6) is 1.10. The summed E-state index contributed by atoms with van der Waals surface area (Å²) in [5, 5.41) is 10.8. The zero-order valence-corrected chi connectivity index (χ0v) is 20.2. The number of carbonyl (C=O) groups excluding carboxylic acids is 1. The third kappa shape index (κ3) is 4.66. The maximum atomic E-state index is 12.3. The average molecular weight is 459 g/mol. The van der Waals surface area contributed by atoms with Crippen LogP contribution in [-0.4, -0.2) is 60.5 Å². The van der Waals surface area contributed by atoms with Crippen molar-refractivity contribution >= 4 is 17.4 Å². The number of aryl methyl sites for hydroxylation is 1. The quantitative estimate of drug-likeness (QED) is 0.582. The number of rotatable bonds is 6. The molecule has 4 heterocycles. The fourth-order valence-electron chi connectivity index (χ4n) is 5.49. The Hall–Kier alpha value is -3.32. The van der Waals surface area contributed by atoms with Gasteiger partial charge in [-0.2, -0.15) is 5.10 Å². The van der Waals surface area contributed by atoms with Gasteiger partial charge in [0, 0.05) is 68.8 Å². The Balaban J connectivity index is 1.22. The van der Waals surface area contributed by atoms with Crippen molar-refractivity contribution in [1.29, 1.82) is 0 Å². The fraction of sp³-hybridized carbons (Fsp3) is 0.407. The van der Waals surface area contributed by atoms with Crippen LogP contribution in [0, 0.1) is 5.92 Å². The maximum absolute atomic E-state index is 12.3. The minimum atomic E-state index is -0.137. The molecule has 178 valence electrons. The predicted molar refractivity (Wildman–Crippen MR) is 137 cm³/mol. The molecule has 2 aromatic carbocycles. The van der Waals surface area contributed by atoms with Crippen molar-refractivity contribution in [2.75, 3.05) is 43.9 Å². The third-order valence-electron chi connectivity index (χ3n) is 7.38. The second-order valence-corrected chi connectivity index (χ2v) is 9.76. The molecule has 7 heteroatoms. The number of fused-ring (bicyclic) bond motifs is 3. The molecule has 1 unspecified atom stereocenters. The number of carbonyl (C=O) groups is 1. The van der Waals surface area contributed by atoms with Crippen molar-refractivity contribution in [2.45, 2.75) is 24.8 Å². The third-order valence-corrected chi connectivity index (χ3v) is 7.38. The predicted octanol–water partition coefficient (Wildman–Crippen LogP) is 4.15. The van der Waals surface area contributed by atoms with Crippen molar-refractivity contribution < 1.29 is 4.79 Å². The van der Waals surface area contributed by atoms with Gasteiger partial charge in [0.25, 0.3) is 0 Å². The van der Waals surface area contributed by atoms with E-state index in [1.165, 1.54) is 17.8 Å². The minimum Gasteiger partial charge on any atom is -0.378 e. The lowest BCUT2D eigenvalue weighted by molar-refractivity contribution is 0.0296. The van der Waals surface area contributed by atoms with Crippen LogP contribution in [0.5, 0.6) is 0 Å². The van der Waals surface area contributed by atoms with Crippen LogP contribution in [0.2, 0.25) is 0 Å². The zero-order chi connectivity index (χ0) is 23.7. The molecule has 3 aromatic rings. The van der Waals surface area contributed by atoms with Crippen molar-refractivity contribution in [2.24, 2.45) is 13.0 Å². The Morgan fingerprint density at radius 2 is 1.88 bits per heavy atom. The second-order valence-electron chi connectivity index (χ2n) is 9.76. The van der Waals surface area contributed by atoms with Crippen LogP contribution in [0.25, 0.3) is 11.3 Å². The van der Waals surface area contributed by atoms with E-state index in [1.54, 1.807) is 0 Å². The van der Waals surface area contributed by atoms with Gasteiger partial charge in [0.2, 0.25) is 0 Å². The van der Waals surface area contributed by atoms with E-state index in [9.17, 15) is 4.79 Å². The summed E-state index contributed by atoms with van der Waals surface area (Å²) in [6.07, 6.45) is 2.31. The molecule has 2 bridgehead atoms. The van der Waals surface area contributed by atoms with Gasteiger partial charge in [-0.25, -0.2) is 4.79 Å². The van der Waals surface area contributed by atoms with Crippen molar-refractivity contribution in [1.82, 2.24) is 20.0 Å². The highest BCUT2D eigenvalue weighted by Crippen LogP contribution is 2.42. The summed E-state index contributed by atoms with van der Waals surface area (Å²) in [5.41, 5.74) is 5.51. The molecule has 7 nitrogen and oxygen atoms in total. The first-order chi connectivity index (χ1) is 16.5. The lowest BCUT2D eigenvalue weighted by atomic mass is 9.74. The number of amides is 2. The summed E-state index contributed by atoms with van der Waals surface area (Å²) in [7, 11) is 6.18. The van der Waals surface area contributed by atoms with Gasteiger partial charge in [0.1, 0.15) is 0 Å². The molecule has 0 radical (unpaired) electrons. The van der Waals surface area contributed by atoms with Gasteiger partial charge in [-0.15, -0.1) is 0 Å². The molecule has 0 saturated carbocycles. The highest BCUT2D eigenvalue weighted by molar-refractivity contribution is 5.89. The highest BCUT2D eigenvalue weighted by atomic mass is 16.2. The Labute approximate surface area is 201 Å². The van der Waals surface area contributed by atoms with Gasteiger partial charge in [-0.3, -0.25) is 9.58 Å². The van der Waals surface area contributed by atoms with Gasteiger partial charge >= 0.3 is 6.03 Å². The van der Waals surface area contributed by atoms with E-state index in [0.717, 1.165) is 36.5 Å². The standard InChI is InChI=1S/C27H34N6O/c1-31(2)22-11-9-19(10-12-22)25-16-26(32(3)30-25)24-18-33-14-13-20(24)15-23(33)17-28-27(34)29-21-7-5-4-6-8-21/h4-12,16,20,23-24H,13-15,17-18H2,1-3H3,(H2,28,29,34)/t20-,23+,24+/m0/s1. The van der Waals surface area contributed by atoms with E-state index in [-0.39, 0.29) is 6.03 Å². The molecule has 34 heavy (non-hydrogen) atoms. The molecule has 6 rings (SSSR count). The molecule has 2 N–H and O–H groups in total. The summed E-state index contributed by atoms with van der Waals surface area (Å²) in [4.78, 5) is 17.0. The molecule has 0 spiro atoms. The van der Waals surface area contributed by atoms with Crippen LogP contribution >= 0.6 is 0 Å². The lowest BCUT2D eigenvalue weighted by Crippen LogP contribution is -2.56. The largest absolute Gasteiger partial charge is 0.378 e. The summed E-state index contributed by atoms with van der Waals surface area (Å²) in [6, 6.07) is 20.7. The molecular formula is C27H34N6O. The number of anilines is 2. The van der Waals surface area contributed by atoms with Crippen LogP contribution in [-0.2, 0) is 7.05 Å². The number of benzene rings is 2. The minimum absolute atomic E-state index is 0.137. The number of aromatic nitrogens is 2. The van der Waals surface area contributed by atoms with Gasteiger partial charge in [0.05, 0.1) is 5.69 Å². The zero-order valence-electron chi connectivity index (χ0n) is 20.2. The van der Waals surface area contributed by atoms with Gasteiger partial charge in [0.15, 0.2) is 0 Å². The Morgan fingerprint density at radius 1 is 1.12 bits per heavy atom. The molecule has 2 amide bonds. The number of urea groups is 1. The molecule has 4 atom stereocenters. The Bertz CT molecular complexity index is 1120.